The van der Waals surface area contributed by atoms with Crippen molar-refractivity contribution in [1.29, 1.82) is 5.26 Å². The fraction of sp³-hybridized carbons (Fsp3) is 0.267. The third-order valence-electron chi connectivity index (χ3n) is 2.80. The lowest BCUT2D eigenvalue weighted by Gasteiger charge is -2.15. The molecule has 0 atom stereocenters. The van der Waals surface area contributed by atoms with Crippen molar-refractivity contribution in [2.75, 3.05) is 6.56 Å². The first-order chi connectivity index (χ1) is 13.4. The molecule has 1 heterocycles. The molecule has 0 aliphatic rings. The Labute approximate surface area is 154 Å². The largest absolute Gasteiger partial charge is 0.432 e. The summed E-state index contributed by atoms with van der Waals surface area (Å²) in [6.07, 6.45) is -5.22. The Morgan fingerprint density at radius 1 is 1.43 bits per heavy atom. The van der Waals surface area contributed by atoms with Gasteiger partial charge in [0.15, 0.2) is 0 Å². The third kappa shape index (κ3) is 3.55. The van der Waals surface area contributed by atoms with E-state index >= 15 is 0 Å². The lowest BCUT2D eigenvalue weighted by atomic mass is 10.1. The van der Waals surface area contributed by atoms with E-state index in [1.807, 2.05) is 0 Å². The highest BCUT2D eigenvalue weighted by Gasteiger charge is 2.40. The van der Waals surface area contributed by atoms with Gasteiger partial charge in [0.25, 0.3) is 0 Å². The number of nitrogens with zero attached hydrogens (tertiary/aromatic N) is 2. The Kier molecular flexibility index (Phi) is 3.14. The SMILES string of the molecule is [2H]C([2H])(OC([2H])([2H])C([2H])([2H])[2H])n1c(-c2ccc(Cl)cc2)c(C#N)c(Br)c1C(F)(F)F. The first-order valence-corrected chi connectivity index (χ1v) is 6.99. The van der Waals surface area contributed by atoms with E-state index < -0.39 is 47.7 Å². The van der Waals surface area contributed by atoms with Gasteiger partial charge >= 0.3 is 6.18 Å². The van der Waals surface area contributed by atoms with Crippen molar-refractivity contribution in [3.8, 4) is 17.3 Å². The highest BCUT2D eigenvalue weighted by Crippen LogP contribution is 2.43. The maximum Gasteiger partial charge on any atom is 0.432 e. The smallest absolute Gasteiger partial charge is 0.361 e. The van der Waals surface area contributed by atoms with Crippen LogP contribution in [0.1, 0.15) is 27.7 Å². The summed E-state index contributed by atoms with van der Waals surface area (Å²) in [5.74, 6) is 0. The minimum absolute atomic E-state index is 0.0749. The first kappa shape index (κ1) is 10.4. The zero-order chi connectivity index (χ0) is 23.3. The molecule has 0 unspecified atom stereocenters. The Bertz CT molecular complexity index is 998. The van der Waals surface area contributed by atoms with Crippen molar-refractivity contribution in [3.05, 3.63) is 45.0 Å². The average Bonchev–Trinajstić information content (AvgIpc) is 2.87. The molecule has 0 radical (unpaired) electrons. The lowest BCUT2D eigenvalue weighted by Crippen LogP contribution is -2.16. The summed E-state index contributed by atoms with van der Waals surface area (Å²) in [4.78, 5) is 0. The third-order valence-corrected chi connectivity index (χ3v) is 3.82. The van der Waals surface area contributed by atoms with E-state index in [0.29, 0.717) is 0 Å². The predicted molar refractivity (Wildman–Crippen MR) is 83.9 cm³/mol. The summed E-state index contributed by atoms with van der Waals surface area (Å²) in [7, 11) is 0. The van der Waals surface area contributed by atoms with Crippen LogP contribution in [-0.2, 0) is 17.6 Å². The van der Waals surface area contributed by atoms with Crippen LogP contribution >= 0.6 is 27.5 Å². The first-order valence-electron chi connectivity index (χ1n) is 9.32. The fourth-order valence-corrected chi connectivity index (χ4v) is 2.74. The van der Waals surface area contributed by atoms with Gasteiger partial charge in [-0.3, -0.25) is 0 Å². The molecular weight excluding hydrogens is 397 g/mol. The standard InChI is InChI=1S/C15H11BrClF3N2O/c1-2-23-8-22-13(9-3-5-10(17)6-4-9)11(7-21)12(16)14(22)15(18,19)20/h3-6H,2,8H2,1H3/i1D3,2D2,8D2. The zero-order valence-corrected chi connectivity index (χ0v) is 13.3. The number of aromatic nitrogens is 1. The van der Waals surface area contributed by atoms with Crippen LogP contribution in [0.15, 0.2) is 28.7 Å². The second kappa shape index (κ2) is 6.95. The van der Waals surface area contributed by atoms with Gasteiger partial charge in [0.1, 0.15) is 18.4 Å². The van der Waals surface area contributed by atoms with Gasteiger partial charge in [0.05, 0.1) is 21.2 Å². The summed E-state index contributed by atoms with van der Waals surface area (Å²) in [6, 6.07) is 6.56. The Morgan fingerprint density at radius 2 is 2.09 bits per heavy atom. The number of halogens is 5. The molecule has 0 fully saturated rings. The molecule has 0 bridgehead atoms. The number of hydrogen-bond acceptors (Lipinski definition) is 2. The average molecular weight is 415 g/mol. The molecule has 0 amide bonds. The van der Waals surface area contributed by atoms with Crippen molar-refractivity contribution >= 4 is 27.5 Å². The maximum atomic E-state index is 13.8. The van der Waals surface area contributed by atoms with Gasteiger partial charge in [-0.1, -0.05) is 23.7 Å². The van der Waals surface area contributed by atoms with Crippen LogP contribution in [-0.4, -0.2) is 11.1 Å². The molecule has 2 rings (SSSR count). The maximum absolute atomic E-state index is 13.8. The number of ether oxygens (including phenoxy) is 1. The van der Waals surface area contributed by atoms with Gasteiger partial charge in [0.2, 0.25) is 0 Å². The van der Waals surface area contributed by atoms with Gasteiger partial charge in [-0.25, -0.2) is 0 Å². The molecule has 0 saturated heterocycles. The highest BCUT2D eigenvalue weighted by molar-refractivity contribution is 9.10. The molecular formula is C15H11BrClF3N2O. The topological polar surface area (TPSA) is 38.0 Å². The van der Waals surface area contributed by atoms with Gasteiger partial charge in [-0.05, 0) is 40.5 Å². The van der Waals surface area contributed by atoms with E-state index in [1.54, 1.807) is 6.07 Å². The van der Waals surface area contributed by atoms with E-state index in [-0.39, 0.29) is 15.2 Å². The van der Waals surface area contributed by atoms with E-state index in [9.17, 15) is 18.4 Å². The van der Waals surface area contributed by atoms with E-state index in [4.69, 9.17) is 21.2 Å². The lowest BCUT2D eigenvalue weighted by molar-refractivity contribution is -0.146. The quantitative estimate of drug-likeness (QED) is 0.667. The molecule has 1 aromatic carbocycles. The molecule has 2 aromatic rings. The van der Waals surface area contributed by atoms with Crippen LogP contribution in [0, 0.1) is 11.3 Å². The summed E-state index contributed by atoms with van der Waals surface area (Å²) in [5.41, 5.74) is -3.00. The number of rotatable bonds is 4. The Morgan fingerprint density at radius 3 is 2.61 bits per heavy atom. The molecule has 0 aliphatic carbocycles. The van der Waals surface area contributed by atoms with Crippen molar-refractivity contribution < 1.29 is 27.5 Å². The molecule has 0 saturated carbocycles. The van der Waals surface area contributed by atoms with Gasteiger partial charge in [-0.2, -0.15) is 18.4 Å². The number of alkyl halides is 3. The van der Waals surface area contributed by atoms with Crippen LogP contribution < -0.4 is 0 Å². The number of nitriles is 1. The fourth-order valence-electron chi connectivity index (χ4n) is 1.94. The van der Waals surface area contributed by atoms with Crippen LogP contribution in [0.25, 0.3) is 11.3 Å². The Balaban J connectivity index is 2.91. The van der Waals surface area contributed by atoms with Gasteiger partial charge in [0, 0.05) is 15.7 Å². The molecule has 0 aliphatic heterocycles. The van der Waals surface area contributed by atoms with E-state index in [2.05, 4.69) is 20.7 Å². The molecule has 0 spiro atoms. The van der Waals surface area contributed by atoms with Crippen LogP contribution in [0.3, 0.4) is 0 Å². The van der Waals surface area contributed by atoms with Gasteiger partial charge < -0.3 is 9.30 Å². The van der Waals surface area contributed by atoms with E-state index in [0.717, 1.165) is 0 Å². The van der Waals surface area contributed by atoms with Crippen LogP contribution in [0.5, 0.6) is 0 Å². The highest BCUT2D eigenvalue weighted by atomic mass is 79.9. The Hall–Kier alpha value is -1.49. The van der Waals surface area contributed by atoms with Crippen LogP contribution in [0.2, 0.25) is 5.02 Å². The second-order valence-electron chi connectivity index (χ2n) is 4.13. The summed E-state index contributed by atoms with van der Waals surface area (Å²) in [5, 5.41) is 9.64. The zero-order valence-electron chi connectivity index (χ0n) is 18.0. The number of hydrogen-bond donors (Lipinski definition) is 0. The van der Waals surface area contributed by atoms with Gasteiger partial charge in [-0.15, -0.1) is 0 Å². The molecule has 0 N–H and O–H groups in total. The molecule has 23 heavy (non-hydrogen) atoms. The second-order valence-corrected chi connectivity index (χ2v) is 5.36. The van der Waals surface area contributed by atoms with Crippen LogP contribution in [0.4, 0.5) is 13.2 Å². The monoisotopic (exact) mass is 413 g/mol. The minimum Gasteiger partial charge on any atom is -0.361 e. The minimum atomic E-state index is -5.22. The summed E-state index contributed by atoms with van der Waals surface area (Å²) in [6.45, 7) is -10.8. The van der Waals surface area contributed by atoms with Crippen molar-refractivity contribution in [2.24, 2.45) is 0 Å². The molecule has 3 nitrogen and oxygen atoms in total. The van der Waals surface area contributed by atoms with Crippen molar-refractivity contribution in [3.63, 3.8) is 0 Å². The normalized spacial score (nSPS) is 17.8. The molecule has 8 heteroatoms. The predicted octanol–water partition coefficient (Wildman–Crippen LogP) is 5.46. The number of benzene rings is 1. The molecule has 1 aromatic heterocycles. The van der Waals surface area contributed by atoms with Crippen molar-refractivity contribution in [2.45, 2.75) is 19.7 Å². The van der Waals surface area contributed by atoms with E-state index in [1.165, 1.54) is 24.3 Å². The summed E-state index contributed by atoms with van der Waals surface area (Å²) < 4.78 is 97.3. The molecule has 122 valence electrons. The van der Waals surface area contributed by atoms with Crippen molar-refractivity contribution in [1.82, 2.24) is 4.57 Å². The summed E-state index contributed by atoms with van der Waals surface area (Å²) >= 11 is 8.43.